The van der Waals surface area contributed by atoms with Crippen LogP contribution in [0.2, 0.25) is 0 Å². The predicted molar refractivity (Wildman–Crippen MR) is 70.9 cm³/mol. The van der Waals surface area contributed by atoms with E-state index >= 15 is 0 Å². The molecular formula is C13H29N3. The van der Waals surface area contributed by atoms with Crippen molar-refractivity contribution in [2.75, 3.05) is 40.3 Å². The highest BCUT2D eigenvalue weighted by Gasteiger charge is 2.24. The van der Waals surface area contributed by atoms with Crippen LogP contribution in [0.5, 0.6) is 0 Å². The summed E-state index contributed by atoms with van der Waals surface area (Å²) < 4.78 is 0. The molecule has 3 nitrogen and oxygen atoms in total. The normalized spacial score (nSPS) is 24.9. The van der Waals surface area contributed by atoms with Crippen molar-refractivity contribution >= 4 is 0 Å². The molecule has 0 aromatic carbocycles. The zero-order chi connectivity index (χ0) is 12.0. The minimum atomic E-state index is 0.675. The van der Waals surface area contributed by atoms with Gasteiger partial charge in [-0.05, 0) is 53.4 Å². The van der Waals surface area contributed by atoms with Crippen molar-refractivity contribution in [3.63, 3.8) is 0 Å². The van der Waals surface area contributed by atoms with Gasteiger partial charge in [0.25, 0.3) is 0 Å². The van der Waals surface area contributed by atoms with E-state index in [-0.39, 0.29) is 0 Å². The van der Waals surface area contributed by atoms with Crippen molar-refractivity contribution in [1.29, 1.82) is 0 Å². The van der Waals surface area contributed by atoms with Gasteiger partial charge in [-0.1, -0.05) is 6.92 Å². The minimum absolute atomic E-state index is 0.675. The Labute approximate surface area is 101 Å². The van der Waals surface area contributed by atoms with Crippen LogP contribution in [0.1, 0.15) is 33.1 Å². The fourth-order valence-corrected chi connectivity index (χ4v) is 2.42. The Morgan fingerprint density at radius 2 is 2.19 bits per heavy atom. The van der Waals surface area contributed by atoms with Gasteiger partial charge in [0.1, 0.15) is 0 Å². The molecule has 0 spiro atoms. The molecule has 2 unspecified atom stereocenters. The molecule has 3 heteroatoms. The third-order valence-electron chi connectivity index (χ3n) is 3.65. The molecule has 16 heavy (non-hydrogen) atoms. The summed E-state index contributed by atoms with van der Waals surface area (Å²) in [4.78, 5) is 5.01. The third kappa shape index (κ3) is 4.40. The zero-order valence-corrected chi connectivity index (χ0v) is 11.5. The van der Waals surface area contributed by atoms with E-state index in [0.29, 0.717) is 6.04 Å². The molecule has 0 saturated carbocycles. The highest BCUT2D eigenvalue weighted by atomic mass is 15.2. The monoisotopic (exact) mass is 227 g/mol. The molecule has 0 aliphatic carbocycles. The highest BCUT2D eigenvalue weighted by Crippen LogP contribution is 2.15. The summed E-state index contributed by atoms with van der Waals surface area (Å²) in [6.45, 7) is 9.37. The maximum atomic E-state index is 3.52. The van der Waals surface area contributed by atoms with Crippen LogP contribution in [0, 0.1) is 0 Å². The summed E-state index contributed by atoms with van der Waals surface area (Å²) >= 11 is 0. The second-order valence-corrected chi connectivity index (χ2v) is 5.31. The Hall–Kier alpha value is -0.120. The Morgan fingerprint density at radius 3 is 2.81 bits per heavy atom. The quantitative estimate of drug-likeness (QED) is 0.692. The fourth-order valence-electron chi connectivity index (χ4n) is 2.42. The second kappa shape index (κ2) is 7.25. The van der Waals surface area contributed by atoms with Gasteiger partial charge >= 0.3 is 0 Å². The summed E-state index contributed by atoms with van der Waals surface area (Å²) in [6.07, 6.45) is 3.94. The van der Waals surface area contributed by atoms with Crippen molar-refractivity contribution in [2.45, 2.75) is 45.2 Å². The van der Waals surface area contributed by atoms with Gasteiger partial charge in [-0.15, -0.1) is 0 Å². The lowest BCUT2D eigenvalue weighted by atomic mass is 10.0. The van der Waals surface area contributed by atoms with Crippen LogP contribution in [-0.2, 0) is 0 Å². The average molecular weight is 227 g/mol. The van der Waals surface area contributed by atoms with E-state index < -0.39 is 0 Å². The van der Waals surface area contributed by atoms with E-state index in [2.05, 4.69) is 43.1 Å². The van der Waals surface area contributed by atoms with Crippen molar-refractivity contribution in [3.8, 4) is 0 Å². The number of piperidine rings is 1. The third-order valence-corrected chi connectivity index (χ3v) is 3.65. The molecule has 1 N–H and O–H groups in total. The maximum Gasteiger partial charge on any atom is 0.0217 e. The van der Waals surface area contributed by atoms with Crippen molar-refractivity contribution in [3.05, 3.63) is 0 Å². The second-order valence-electron chi connectivity index (χ2n) is 5.31. The molecule has 1 saturated heterocycles. The molecule has 0 amide bonds. The van der Waals surface area contributed by atoms with E-state index in [0.717, 1.165) is 19.1 Å². The highest BCUT2D eigenvalue weighted by molar-refractivity contribution is 4.81. The van der Waals surface area contributed by atoms with Gasteiger partial charge in [-0.2, -0.15) is 0 Å². The maximum absolute atomic E-state index is 3.52. The van der Waals surface area contributed by atoms with Gasteiger partial charge in [0.15, 0.2) is 0 Å². The van der Waals surface area contributed by atoms with Gasteiger partial charge in [-0.25, -0.2) is 0 Å². The van der Waals surface area contributed by atoms with Crippen LogP contribution >= 0.6 is 0 Å². The molecule has 2 atom stereocenters. The Balaban J connectivity index is 2.29. The Kier molecular flexibility index (Phi) is 6.32. The lowest BCUT2D eigenvalue weighted by Crippen LogP contribution is -2.50. The molecule has 1 aliphatic heterocycles. The number of hydrogen-bond acceptors (Lipinski definition) is 3. The van der Waals surface area contributed by atoms with Crippen LogP contribution in [0.25, 0.3) is 0 Å². The molecule has 0 aromatic heterocycles. The number of hydrogen-bond donors (Lipinski definition) is 1. The fraction of sp³-hybridized carbons (Fsp3) is 1.00. The van der Waals surface area contributed by atoms with E-state index in [9.17, 15) is 0 Å². The molecule has 0 bridgehead atoms. The number of rotatable bonds is 6. The summed E-state index contributed by atoms with van der Waals surface area (Å²) in [7, 11) is 4.41. The van der Waals surface area contributed by atoms with Crippen LogP contribution in [0.15, 0.2) is 0 Å². The van der Waals surface area contributed by atoms with Crippen molar-refractivity contribution in [1.82, 2.24) is 15.1 Å². The van der Waals surface area contributed by atoms with E-state index in [1.807, 2.05) is 0 Å². The van der Waals surface area contributed by atoms with E-state index in [4.69, 9.17) is 0 Å². The number of nitrogens with zero attached hydrogens (tertiary/aromatic N) is 2. The Bertz CT molecular complexity index is 182. The van der Waals surface area contributed by atoms with Crippen molar-refractivity contribution in [2.24, 2.45) is 0 Å². The topological polar surface area (TPSA) is 18.5 Å². The first-order valence-corrected chi connectivity index (χ1v) is 6.76. The molecule has 0 aromatic rings. The molecular weight excluding hydrogens is 198 g/mol. The molecule has 96 valence electrons. The van der Waals surface area contributed by atoms with Crippen molar-refractivity contribution < 1.29 is 0 Å². The van der Waals surface area contributed by atoms with Crippen LogP contribution in [0.4, 0.5) is 0 Å². The summed E-state index contributed by atoms with van der Waals surface area (Å²) in [5.41, 5.74) is 0. The van der Waals surface area contributed by atoms with Gasteiger partial charge in [0.05, 0.1) is 0 Å². The van der Waals surface area contributed by atoms with Gasteiger partial charge in [-0.3, -0.25) is 4.90 Å². The molecule has 1 rings (SSSR count). The van der Waals surface area contributed by atoms with E-state index in [1.54, 1.807) is 0 Å². The SMILES string of the molecule is CCCNCC(C)N1CCCC(N(C)C)C1. The first kappa shape index (κ1) is 13.9. The van der Waals surface area contributed by atoms with Crippen LogP contribution < -0.4 is 5.32 Å². The number of likely N-dealkylation sites (N-methyl/N-ethyl adjacent to an activating group) is 1. The first-order valence-electron chi connectivity index (χ1n) is 6.76. The largest absolute Gasteiger partial charge is 0.315 e. The van der Waals surface area contributed by atoms with Gasteiger partial charge in [0.2, 0.25) is 0 Å². The molecule has 0 radical (unpaired) electrons. The number of nitrogens with one attached hydrogen (secondary N) is 1. The molecule has 1 aliphatic rings. The summed E-state index contributed by atoms with van der Waals surface area (Å²) in [6, 6.07) is 1.43. The van der Waals surface area contributed by atoms with E-state index in [1.165, 1.54) is 32.4 Å². The van der Waals surface area contributed by atoms with Crippen LogP contribution in [-0.4, -0.2) is 62.2 Å². The summed E-state index contributed by atoms with van der Waals surface area (Å²) in [5.74, 6) is 0. The lowest BCUT2D eigenvalue weighted by Gasteiger charge is -2.39. The number of likely N-dealkylation sites (tertiary alicyclic amines) is 1. The predicted octanol–water partition coefficient (Wildman–Crippen LogP) is 1.40. The smallest absolute Gasteiger partial charge is 0.0217 e. The van der Waals surface area contributed by atoms with Gasteiger partial charge in [0, 0.05) is 25.2 Å². The standard InChI is InChI=1S/C13H29N3/c1-5-8-14-10-12(2)16-9-6-7-13(11-16)15(3)4/h12-14H,5-11H2,1-4H3. The van der Waals surface area contributed by atoms with Gasteiger partial charge < -0.3 is 10.2 Å². The average Bonchev–Trinajstić information content (AvgIpc) is 2.29. The summed E-state index contributed by atoms with van der Waals surface area (Å²) in [5, 5.41) is 3.52. The first-order chi connectivity index (χ1) is 7.65. The molecule has 1 heterocycles. The minimum Gasteiger partial charge on any atom is -0.315 e. The lowest BCUT2D eigenvalue weighted by molar-refractivity contribution is 0.102. The van der Waals surface area contributed by atoms with Crippen LogP contribution in [0.3, 0.4) is 0 Å². The Morgan fingerprint density at radius 1 is 1.44 bits per heavy atom. The molecule has 1 fully saturated rings. The zero-order valence-electron chi connectivity index (χ0n) is 11.5.